The number of rotatable bonds is 5. The largest absolute Gasteiger partial charge is 0.453 e. The van der Waals surface area contributed by atoms with Crippen LogP contribution in [0.15, 0.2) is 28.7 Å². The number of nitrogens with zero attached hydrogens (tertiary/aromatic N) is 2. The van der Waals surface area contributed by atoms with Gasteiger partial charge in [0.15, 0.2) is 17.6 Å². The minimum absolute atomic E-state index is 0.0383. The molecular formula is C16H17N3O5. The quantitative estimate of drug-likeness (QED) is 0.827. The number of hydrogen-bond acceptors (Lipinski definition) is 6. The Morgan fingerprint density at radius 2 is 2.21 bits per heavy atom. The highest BCUT2D eigenvalue weighted by Gasteiger charge is 2.31. The van der Waals surface area contributed by atoms with E-state index in [1.165, 1.54) is 6.92 Å². The standard InChI is InChI=1S/C16H17N3O5/c1-10(15(21)19-9-8-17-16(19)22)23-14(20)7-6-13-18-11-4-2-3-5-12(11)24-13/h2-5,10H,6-9H2,1H3,(H,17,22)/t10-/m0/s1. The lowest BCUT2D eigenvalue weighted by Crippen LogP contribution is -2.41. The number of nitrogens with one attached hydrogen (secondary N) is 1. The molecule has 24 heavy (non-hydrogen) atoms. The molecule has 2 aromatic rings. The zero-order valence-corrected chi connectivity index (χ0v) is 13.2. The number of urea groups is 1. The molecule has 2 heterocycles. The summed E-state index contributed by atoms with van der Waals surface area (Å²) in [5.74, 6) is -0.635. The number of fused-ring (bicyclic) bond motifs is 1. The minimum Gasteiger partial charge on any atom is -0.453 e. The van der Waals surface area contributed by atoms with Crippen molar-refractivity contribution in [1.29, 1.82) is 0 Å². The highest BCUT2D eigenvalue weighted by atomic mass is 16.5. The number of imide groups is 1. The zero-order chi connectivity index (χ0) is 17.1. The van der Waals surface area contributed by atoms with Crippen molar-refractivity contribution in [2.45, 2.75) is 25.9 Å². The molecule has 1 N–H and O–H groups in total. The second kappa shape index (κ2) is 6.69. The summed E-state index contributed by atoms with van der Waals surface area (Å²) in [6.07, 6.45) is -0.695. The molecule has 3 rings (SSSR count). The Labute approximate surface area is 137 Å². The molecular weight excluding hydrogens is 314 g/mol. The number of hydrogen-bond donors (Lipinski definition) is 1. The molecule has 8 heteroatoms. The van der Waals surface area contributed by atoms with Crippen molar-refractivity contribution in [1.82, 2.24) is 15.2 Å². The van der Waals surface area contributed by atoms with Gasteiger partial charge in [0.25, 0.3) is 5.91 Å². The summed E-state index contributed by atoms with van der Waals surface area (Å²) >= 11 is 0. The normalized spacial score (nSPS) is 15.4. The summed E-state index contributed by atoms with van der Waals surface area (Å²) in [5, 5.41) is 2.52. The molecule has 1 atom stereocenters. The van der Waals surface area contributed by atoms with Crippen molar-refractivity contribution in [3.8, 4) is 0 Å². The van der Waals surface area contributed by atoms with E-state index in [0.717, 1.165) is 10.4 Å². The number of carbonyl (C=O) groups is 3. The highest BCUT2D eigenvalue weighted by Crippen LogP contribution is 2.16. The summed E-state index contributed by atoms with van der Waals surface area (Å²) in [5.41, 5.74) is 1.38. The second-order valence-electron chi connectivity index (χ2n) is 5.43. The number of esters is 1. The second-order valence-corrected chi connectivity index (χ2v) is 5.43. The van der Waals surface area contributed by atoms with Crippen molar-refractivity contribution in [2.24, 2.45) is 0 Å². The lowest BCUT2D eigenvalue weighted by Gasteiger charge is -2.17. The van der Waals surface area contributed by atoms with Crippen molar-refractivity contribution in [3.63, 3.8) is 0 Å². The van der Waals surface area contributed by atoms with E-state index in [2.05, 4.69) is 10.3 Å². The van der Waals surface area contributed by atoms with Gasteiger partial charge in [0, 0.05) is 19.5 Å². The van der Waals surface area contributed by atoms with Crippen LogP contribution in [-0.4, -0.2) is 47.0 Å². The van der Waals surface area contributed by atoms with Crippen molar-refractivity contribution < 1.29 is 23.5 Å². The summed E-state index contributed by atoms with van der Waals surface area (Å²) < 4.78 is 10.6. The highest BCUT2D eigenvalue weighted by molar-refractivity contribution is 5.98. The molecule has 1 fully saturated rings. The summed E-state index contributed by atoms with van der Waals surface area (Å²) in [6.45, 7) is 2.14. The average Bonchev–Trinajstić information content (AvgIpc) is 3.17. The van der Waals surface area contributed by atoms with Gasteiger partial charge in [-0.15, -0.1) is 0 Å². The molecule has 0 bridgehead atoms. The number of benzene rings is 1. The van der Waals surface area contributed by atoms with Gasteiger partial charge in [-0.25, -0.2) is 9.78 Å². The molecule has 1 aliphatic rings. The van der Waals surface area contributed by atoms with E-state index in [1.54, 1.807) is 6.07 Å². The van der Waals surface area contributed by atoms with Crippen LogP contribution < -0.4 is 5.32 Å². The number of ether oxygens (including phenoxy) is 1. The molecule has 126 valence electrons. The number of aryl methyl sites for hydroxylation is 1. The Balaban J connectivity index is 1.51. The Morgan fingerprint density at radius 1 is 1.42 bits per heavy atom. The van der Waals surface area contributed by atoms with Gasteiger partial charge in [-0.2, -0.15) is 0 Å². The fraction of sp³-hybridized carbons (Fsp3) is 0.375. The molecule has 1 aromatic heterocycles. The van der Waals surface area contributed by atoms with Crippen molar-refractivity contribution >= 4 is 29.0 Å². The lowest BCUT2D eigenvalue weighted by molar-refractivity contribution is -0.157. The summed E-state index contributed by atoms with van der Waals surface area (Å²) in [6, 6.07) is 6.85. The van der Waals surface area contributed by atoms with Crippen LogP contribution in [0.2, 0.25) is 0 Å². The summed E-state index contributed by atoms with van der Waals surface area (Å²) in [4.78, 5) is 40.7. The van der Waals surface area contributed by atoms with Gasteiger partial charge < -0.3 is 14.5 Å². The topological polar surface area (TPSA) is 102 Å². The molecule has 1 aromatic carbocycles. The number of carbonyl (C=O) groups excluding carboxylic acids is 3. The fourth-order valence-electron chi connectivity index (χ4n) is 2.44. The molecule has 8 nitrogen and oxygen atoms in total. The molecule has 0 aliphatic carbocycles. The fourth-order valence-corrected chi connectivity index (χ4v) is 2.44. The molecule has 0 radical (unpaired) electrons. The monoisotopic (exact) mass is 331 g/mol. The Kier molecular flexibility index (Phi) is 4.45. The minimum atomic E-state index is -1.01. The number of para-hydroxylation sites is 2. The first kappa shape index (κ1) is 16.0. The molecule has 0 spiro atoms. The Morgan fingerprint density at radius 3 is 2.92 bits per heavy atom. The first-order valence-corrected chi connectivity index (χ1v) is 7.68. The van der Waals surface area contributed by atoms with Crippen LogP contribution in [0.5, 0.6) is 0 Å². The zero-order valence-electron chi connectivity index (χ0n) is 13.2. The third kappa shape index (κ3) is 3.37. The number of aromatic nitrogens is 1. The van der Waals surface area contributed by atoms with E-state index in [4.69, 9.17) is 9.15 Å². The maximum atomic E-state index is 12.0. The van der Waals surface area contributed by atoms with Gasteiger partial charge >= 0.3 is 12.0 Å². The van der Waals surface area contributed by atoms with E-state index in [-0.39, 0.29) is 19.4 Å². The maximum Gasteiger partial charge on any atom is 0.324 e. The smallest absolute Gasteiger partial charge is 0.324 e. The molecule has 0 unspecified atom stereocenters. The molecule has 1 saturated heterocycles. The predicted octanol–water partition coefficient (Wildman–Crippen LogP) is 1.24. The maximum absolute atomic E-state index is 12.0. The lowest BCUT2D eigenvalue weighted by atomic mass is 10.3. The van der Waals surface area contributed by atoms with E-state index < -0.39 is 24.0 Å². The van der Waals surface area contributed by atoms with Crippen LogP contribution in [0.25, 0.3) is 11.1 Å². The van der Waals surface area contributed by atoms with E-state index in [0.29, 0.717) is 18.0 Å². The van der Waals surface area contributed by atoms with Gasteiger partial charge in [-0.05, 0) is 19.1 Å². The van der Waals surface area contributed by atoms with Gasteiger partial charge in [0.1, 0.15) is 5.52 Å². The van der Waals surface area contributed by atoms with Crippen LogP contribution in [0.3, 0.4) is 0 Å². The first-order valence-electron chi connectivity index (χ1n) is 7.68. The van der Waals surface area contributed by atoms with Gasteiger partial charge in [-0.3, -0.25) is 14.5 Å². The summed E-state index contributed by atoms with van der Waals surface area (Å²) in [7, 11) is 0. The van der Waals surface area contributed by atoms with Crippen molar-refractivity contribution in [2.75, 3.05) is 13.1 Å². The van der Waals surface area contributed by atoms with E-state index >= 15 is 0 Å². The van der Waals surface area contributed by atoms with Gasteiger partial charge in [-0.1, -0.05) is 12.1 Å². The Hall–Kier alpha value is -2.90. The van der Waals surface area contributed by atoms with Crippen LogP contribution >= 0.6 is 0 Å². The van der Waals surface area contributed by atoms with Crippen LogP contribution in [-0.2, 0) is 20.7 Å². The van der Waals surface area contributed by atoms with Crippen molar-refractivity contribution in [3.05, 3.63) is 30.2 Å². The van der Waals surface area contributed by atoms with Crippen LogP contribution in [0.4, 0.5) is 4.79 Å². The Bertz CT molecular complexity index is 752. The molecule has 1 aliphatic heterocycles. The SMILES string of the molecule is C[C@H](OC(=O)CCc1nc2ccccc2o1)C(=O)N1CCNC1=O. The van der Waals surface area contributed by atoms with E-state index in [9.17, 15) is 14.4 Å². The van der Waals surface area contributed by atoms with E-state index in [1.807, 2.05) is 18.2 Å². The van der Waals surface area contributed by atoms with Crippen LogP contribution in [0.1, 0.15) is 19.2 Å². The first-order chi connectivity index (χ1) is 11.5. The number of oxazole rings is 1. The third-order valence-electron chi connectivity index (χ3n) is 3.66. The molecule has 0 saturated carbocycles. The van der Waals surface area contributed by atoms with Crippen LogP contribution in [0, 0.1) is 0 Å². The average molecular weight is 331 g/mol. The molecule has 3 amide bonds. The third-order valence-corrected chi connectivity index (χ3v) is 3.66. The van der Waals surface area contributed by atoms with Gasteiger partial charge in [0.05, 0.1) is 6.42 Å². The number of amides is 3. The predicted molar refractivity (Wildman–Crippen MR) is 83.0 cm³/mol. The van der Waals surface area contributed by atoms with Gasteiger partial charge in [0.2, 0.25) is 0 Å².